The number of amides is 2. The Bertz CT molecular complexity index is 791. The minimum atomic E-state index is -0.569. The number of aromatic amines is 1. The Morgan fingerprint density at radius 2 is 2.14 bits per heavy atom. The van der Waals surface area contributed by atoms with Gasteiger partial charge in [-0.15, -0.1) is 0 Å². The number of carbonyl (C=O) groups is 2. The first-order chi connectivity index (χ1) is 9.95. The van der Waals surface area contributed by atoms with Crippen molar-refractivity contribution < 1.29 is 14.0 Å². The third kappa shape index (κ3) is 2.24. The van der Waals surface area contributed by atoms with Crippen LogP contribution < -0.4 is 16.8 Å². The van der Waals surface area contributed by atoms with Crippen LogP contribution in [0.1, 0.15) is 12.8 Å². The van der Waals surface area contributed by atoms with Crippen LogP contribution in [0.2, 0.25) is 0 Å². The number of nitrogens with two attached hydrogens (primary N) is 1. The van der Waals surface area contributed by atoms with E-state index in [0.29, 0.717) is 35.3 Å². The fraction of sp³-hybridized carbons (Fsp3) is 0.308. The van der Waals surface area contributed by atoms with Gasteiger partial charge in [0.15, 0.2) is 5.58 Å². The summed E-state index contributed by atoms with van der Waals surface area (Å²) in [5.74, 6) is -1.06. The SMILES string of the molecule is CN1C(=O)CCC(Nc2cc3[nH]c(=O)oc3cc2N)C1=O. The number of hydrogen-bond donors (Lipinski definition) is 3. The number of likely N-dealkylation sites (N-methyl/N-ethyl adjacent to an activating group) is 1. The molecule has 1 aliphatic rings. The van der Waals surface area contributed by atoms with Gasteiger partial charge in [-0.25, -0.2) is 4.79 Å². The summed E-state index contributed by atoms with van der Waals surface area (Å²) in [4.78, 5) is 38.3. The van der Waals surface area contributed by atoms with Crippen LogP contribution in [0, 0.1) is 0 Å². The van der Waals surface area contributed by atoms with Gasteiger partial charge < -0.3 is 15.5 Å². The molecule has 4 N–H and O–H groups in total. The van der Waals surface area contributed by atoms with Crippen LogP contribution in [0.3, 0.4) is 0 Å². The molecule has 0 bridgehead atoms. The Hall–Kier alpha value is -2.77. The number of aromatic nitrogens is 1. The van der Waals surface area contributed by atoms with Crippen molar-refractivity contribution in [3.63, 3.8) is 0 Å². The van der Waals surface area contributed by atoms with Crippen molar-refractivity contribution in [1.82, 2.24) is 9.88 Å². The smallest absolute Gasteiger partial charge is 0.408 e. The van der Waals surface area contributed by atoms with Crippen LogP contribution in [0.4, 0.5) is 11.4 Å². The lowest BCUT2D eigenvalue weighted by atomic mass is 10.0. The van der Waals surface area contributed by atoms with Crippen molar-refractivity contribution in [2.24, 2.45) is 0 Å². The number of fused-ring (bicyclic) bond motifs is 1. The Balaban J connectivity index is 1.91. The lowest BCUT2D eigenvalue weighted by Gasteiger charge is -2.29. The monoisotopic (exact) mass is 290 g/mol. The molecule has 1 atom stereocenters. The lowest BCUT2D eigenvalue weighted by molar-refractivity contribution is -0.146. The van der Waals surface area contributed by atoms with E-state index in [0.717, 1.165) is 4.90 Å². The highest BCUT2D eigenvalue weighted by Crippen LogP contribution is 2.26. The molecule has 3 rings (SSSR count). The van der Waals surface area contributed by atoms with Crippen molar-refractivity contribution in [2.45, 2.75) is 18.9 Å². The summed E-state index contributed by atoms with van der Waals surface area (Å²) in [6, 6.07) is 2.60. The number of benzene rings is 1. The van der Waals surface area contributed by atoms with Crippen LogP contribution in [-0.4, -0.2) is 34.8 Å². The van der Waals surface area contributed by atoms with Crippen molar-refractivity contribution in [3.8, 4) is 0 Å². The van der Waals surface area contributed by atoms with Crippen molar-refractivity contribution in [2.75, 3.05) is 18.1 Å². The molecular weight excluding hydrogens is 276 g/mol. The number of rotatable bonds is 2. The van der Waals surface area contributed by atoms with Crippen molar-refractivity contribution in [1.29, 1.82) is 0 Å². The first-order valence-electron chi connectivity index (χ1n) is 6.45. The maximum Gasteiger partial charge on any atom is 0.417 e. The van der Waals surface area contributed by atoms with Crippen LogP contribution in [0.5, 0.6) is 0 Å². The average Bonchev–Trinajstić information content (AvgIpc) is 2.79. The molecule has 1 aliphatic heterocycles. The fourth-order valence-electron chi connectivity index (χ4n) is 2.38. The Labute approximate surface area is 118 Å². The largest absolute Gasteiger partial charge is 0.417 e. The summed E-state index contributed by atoms with van der Waals surface area (Å²) >= 11 is 0. The number of hydrogen-bond acceptors (Lipinski definition) is 6. The van der Waals surface area contributed by atoms with E-state index < -0.39 is 11.8 Å². The van der Waals surface area contributed by atoms with Gasteiger partial charge in [-0.3, -0.25) is 19.5 Å². The number of nitrogens with zero attached hydrogens (tertiary/aromatic N) is 1. The van der Waals surface area contributed by atoms with Gasteiger partial charge in [-0.05, 0) is 12.5 Å². The molecule has 2 amide bonds. The Morgan fingerprint density at radius 3 is 2.90 bits per heavy atom. The first-order valence-corrected chi connectivity index (χ1v) is 6.45. The lowest BCUT2D eigenvalue weighted by Crippen LogP contribution is -2.48. The Morgan fingerprint density at radius 1 is 1.38 bits per heavy atom. The standard InChI is InChI=1S/C13H14N4O4/c1-17-11(18)3-2-7(12(17)19)15-8-5-9-10(4-6(8)14)21-13(20)16-9/h4-5,7,15H,2-3,14H2,1H3,(H,16,20). The predicted octanol–water partition coefficient (Wildman–Crippen LogP) is 0.263. The van der Waals surface area contributed by atoms with Gasteiger partial charge in [0, 0.05) is 19.5 Å². The van der Waals surface area contributed by atoms with Crippen molar-refractivity contribution >= 4 is 34.3 Å². The molecule has 1 aromatic heterocycles. The molecule has 2 aromatic rings. The summed E-state index contributed by atoms with van der Waals surface area (Å²) in [6.07, 6.45) is 0.700. The van der Waals surface area contributed by atoms with E-state index in [1.807, 2.05) is 0 Å². The molecule has 0 spiro atoms. The molecule has 0 radical (unpaired) electrons. The molecule has 1 aromatic carbocycles. The molecule has 21 heavy (non-hydrogen) atoms. The van der Waals surface area contributed by atoms with Crippen LogP contribution in [0.25, 0.3) is 11.1 Å². The van der Waals surface area contributed by atoms with Gasteiger partial charge in [-0.1, -0.05) is 0 Å². The van der Waals surface area contributed by atoms with Crippen LogP contribution in [0.15, 0.2) is 21.3 Å². The summed E-state index contributed by atoms with van der Waals surface area (Å²) in [5, 5.41) is 3.02. The van der Waals surface area contributed by atoms with Crippen molar-refractivity contribution in [3.05, 3.63) is 22.7 Å². The highest BCUT2D eigenvalue weighted by atomic mass is 16.4. The van der Waals surface area contributed by atoms with Gasteiger partial charge in [0.25, 0.3) is 5.91 Å². The number of piperidine rings is 1. The second-order valence-electron chi connectivity index (χ2n) is 4.98. The highest BCUT2D eigenvalue weighted by molar-refractivity contribution is 6.01. The van der Waals surface area contributed by atoms with Gasteiger partial charge in [0.2, 0.25) is 5.91 Å². The third-order valence-electron chi connectivity index (χ3n) is 3.57. The molecule has 2 heterocycles. The van der Waals surface area contributed by atoms with E-state index in [1.54, 1.807) is 6.07 Å². The summed E-state index contributed by atoms with van der Waals surface area (Å²) in [5.41, 5.74) is 7.61. The number of likely N-dealkylation sites (tertiary alicyclic amines) is 1. The zero-order valence-electron chi connectivity index (χ0n) is 11.3. The van der Waals surface area contributed by atoms with E-state index in [1.165, 1.54) is 13.1 Å². The van der Waals surface area contributed by atoms with Gasteiger partial charge >= 0.3 is 5.76 Å². The van der Waals surface area contributed by atoms with E-state index in [2.05, 4.69) is 10.3 Å². The molecule has 8 heteroatoms. The maximum absolute atomic E-state index is 12.0. The summed E-state index contributed by atoms with van der Waals surface area (Å²) in [6.45, 7) is 0. The summed E-state index contributed by atoms with van der Waals surface area (Å²) in [7, 11) is 1.46. The molecular formula is C13H14N4O4. The first kappa shape index (κ1) is 13.2. The van der Waals surface area contributed by atoms with E-state index >= 15 is 0 Å². The highest BCUT2D eigenvalue weighted by Gasteiger charge is 2.31. The van der Waals surface area contributed by atoms with Gasteiger partial charge in [0.05, 0.1) is 16.9 Å². The summed E-state index contributed by atoms with van der Waals surface area (Å²) < 4.78 is 4.91. The maximum atomic E-state index is 12.0. The molecule has 110 valence electrons. The number of nitrogens with one attached hydrogen (secondary N) is 2. The molecule has 1 fully saturated rings. The van der Waals surface area contributed by atoms with Gasteiger partial charge in [-0.2, -0.15) is 0 Å². The molecule has 8 nitrogen and oxygen atoms in total. The van der Waals surface area contributed by atoms with E-state index in [-0.39, 0.29) is 11.8 Å². The van der Waals surface area contributed by atoms with Crippen LogP contribution in [-0.2, 0) is 9.59 Å². The minimum absolute atomic E-state index is 0.194. The number of anilines is 2. The Kier molecular flexibility index (Phi) is 2.93. The molecule has 0 aliphatic carbocycles. The van der Waals surface area contributed by atoms with Gasteiger partial charge in [0.1, 0.15) is 6.04 Å². The number of oxazole rings is 1. The topological polar surface area (TPSA) is 121 Å². The number of imide groups is 1. The second-order valence-corrected chi connectivity index (χ2v) is 4.98. The average molecular weight is 290 g/mol. The molecule has 1 unspecified atom stereocenters. The predicted molar refractivity (Wildman–Crippen MR) is 75.7 cm³/mol. The number of carbonyl (C=O) groups excluding carboxylic acids is 2. The zero-order chi connectivity index (χ0) is 15.1. The normalized spacial score (nSPS) is 19.3. The fourth-order valence-corrected chi connectivity index (χ4v) is 2.38. The zero-order valence-corrected chi connectivity index (χ0v) is 11.3. The quantitative estimate of drug-likeness (QED) is 0.539. The number of H-pyrrole nitrogens is 1. The molecule has 1 saturated heterocycles. The number of nitrogen functional groups attached to an aromatic ring is 1. The van der Waals surface area contributed by atoms with Crippen LogP contribution >= 0.6 is 0 Å². The molecule has 0 saturated carbocycles. The minimum Gasteiger partial charge on any atom is -0.408 e. The van der Waals surface area contributed by atoms with E-state index in [4.69, 9.17) is 10.2 Å². The third-order valence-corrected chi connectivity index (χ3v) is 3.57. The van der Waals surface area contributed by atoms with E-state index in [9.17, 15) is 14.4 Å². The second kappa shape index (κ2) is 4.65.